The zero-order chi connectivity index (χ0) is 13.0. The molecule has 0 unspecified atom stereocenters. The predicted octanol–water partition coefficient (Wildman–Crippen LogP) is 4.16. The molecule has 2 aromatic carbocycles. The van der Waals surface area contributed by atoms with Crippen LogP contribution in [0.25, 0.3) is 11.6 Å². The van der Waals surface area contributed by atoms with E-state index in [-0.39, 0.29) is 5.69 Å². The largest absolute Gasteiger partial charge is 0.269 e. The van der Waals surface area contributed by atoms with Crippen LogP contribution in [0.2, 0.25) is 0 Å². The van der Waals surface area contributed by atoms with Crippen LogP contribution in [0.4, 0.5) is 5.69 Å². The van der Waals surface area contributed by atoms with Crippen molar-refractivity contribution in [1.29, 1.82) is 0 Å². The fourth-order valence-corrected chi connectivity index (χ4v) is 1.73. The summed E-state index contributed by atoms with van der Waals surface area (Å²) in [4.78, 5) is 10.2. The van der Waals surface area contributed by atoms with Gasteiger partial charge in [0.1, 0.15) is 0 Å². The lowest BCUT2D eigenvalue weighted by molar-refractivity contribution is -0.384. The van der Waals surface area contributed by atoms with Gasteiger partial charge >= 0.3 is 0 Å². The Kier molecular flexibility index (Phi) is 3.53. The Bertz CT molecular complexity index is 571. The van der Waals surface area contributed by atoms with Crippen LogP contribution in [0.5, 0.6) is 0 Å². The Morgan fingerprint density at radius 1 is 1.06 bits per heavy atom. The third-order valence-electron chi connectivity index (χ3n) is 2.72. The quantitative estimate of drug-likeness (QED) is 0.458. The van der Waals surface area contributed by atoms with Crippen molar-refractivity contribution in [1.82, 2.24) is 0 Å². The van der Waals surface area contributed by atoms with Gasteiger partial charge in [-0.05, 0) is 35.8 Å². The van der Waals surface area contributed by atoms with E-state index in [2.05, 4.69) is 0 Å². The summed E-state index contributed by atoms with van der Waals surface area (Å²) in [5.41, 5.74) is 3.35. The van der Waals surface area contributed by atoms with E-state index >= 15 is 0 Å². The van der Waals surface area contributed by atoms with E-state index in [0.29, 0.717) is 0 Å². The first-order valence-corrected chi connectivity index (χ1v) is 5.65. The molecule has 0 N–H and O–H groups in total. The molecule has 0 amide bonds. The van der Waals surface area contributed by atoms with Crippen molar-refractivity contribution in [3.63, 3.8) is 0 Å². The monoisotopic (exact) mass is 239 g/mol. The molecule has 0 atom stereocenters. The van der Waals surface area contributed by atoms with Gasteiger partial charge in [-0.25, -0.2) is 0 Å². The van der Waals surface area contributed by atoms with Gasteiger partial charge in [0.15, 0.2) is 0 Å². The van der Waals surface area contributed by atoms with E-state index < -0.39 is 4.92 Å². The summed E-state index contributed by atoms with van der Waals surface area (Å²) in [6.07, 6.45) is 2.01. The fourth-order valence-electron chi connectivity index (χ4n) is 1.73. The number of nitro groups is 1. The first kappa shape index (κ1) is 12.0. The average molecular weight is 239 g/mol. The minimum absolute atomic E-state index is 0.115. The zero-order valence-corrected chi connectivity index (χ0v) is 10.0. The van der Waals surface area contributed by atoms with Crippen LogP contribution in [0.15, 0.2) is 54.6 Å². The lowest BCUT2D eigenvalue weighted by Gasteiger charge is -2.01. The van der Waals surface area contributed by atoms with E-state index in [0.717, 1.165) is 16.7 Å². The Labute approximate surface area is 106 Å². The highest BCUT2D eigenvalue weighted by Gasteiger charge is 2.03. The van der Waals surface area contributed by atoms with Crippen molar-refractivity contribution in [2.75, 3.05) is 0 Å². The molecular formula is C15H13NO2. The molecule has 3 nitrogen and oxygen atoms in total. The van der Waals surface area contributed by atoms with Crippen molar-refractivity contribution in [3.05, 3.63) is 75.8 Å². The molecule has 0 spiro atoms. The van der Waals surface area contributed by atoms with Crippen LogP contribution in [-0.4, -0.2) is 4.92 Å². The molecule has 0 saturated carbocycles. The molecule has 0 aromatic heterocycles. The van der Waals surface area contributed by atoms with E-state index in [1.54, 1.807) is 12.1 Å². The molecule has 0 radical (unpaired) electrons. The van der Waals surface area contributed by atoms with Gasteiger partial charge in [-0.3, -0.25) is 10.1 Å². The maximum absolute atomic E-state index is 10.5. The van der Waals surface area contributed by atoms with Crippen molar-refractivity contribution in [2.45, 2.75) is 6.92 Å². The number of hydrogen-bond acceptors (Lipinski definition) is 2. The normalized spacial score (nSPS) is 11.3. The van der Waals surface area contributed by atoms with Gasteiger partial charge in [-0.2, -0.15) is 0 Å². The third-order valence-corrected chi connectivity index (χ3v) is 2.72. The summed E-state index contributed by atoms with van der Waals surface area (Å²) in [7, 11) is 0. The summed E-state index contributed by atoms with van der Waals surface area (Å²) >= 11 is 0. The number of non-ortho nitro benzene ring substituents is 1. The smallest absolute Gasteiger partial charge is 0.258 e. The van der Waals surface area contributed by atoms with Gasteiger partial charge in [-0.1, -0.05) is 36.4 Å². The second-order valence-corrected chi connectivity index (χ2v) is 4.04. The van der Waals surface area contributed by atoms with Crippen molar-refractivity contribution >= 4 is 17.3 Å². The molecule has 0 saturated heterocycles. The van der Waals surface area contributed by atoms with Crippen LogP contribution < -0.4 is 0 Å². The molecule has 3 heteroatoms. The van der Waals surface area contributed by atoms with Gasteiger partial charge in [0.25, 0.3) is 5.69 Å². The Morgan fingerprint density at radius 2 is 1.67 bits per heavy atom. The number of rotatable bonds is 3. The number of benzene rings is 2. The lowest BCUT2D eigenvalue weighted by atomic mass is 10.0. The van der Waals surface area contributed by atoms with Crippen LogP contribution in [0, 0.1) is 10.1 Å². The van der Waals surface area contributed by atoms with Crippen molar-refractivity contribution < 1.29 is 4.92 Å². The summed E-state index contributed by atoms with van der Waals surface area (Å²) in [6.45, 7) is 2.02. The molecule has 0 aliphatic carbocycles. The zero-order valence-electron chi connectivity index (χ0n) is 10.0. The number of allylic oxidation sites excluding steroid dienone is 1. The summed E-state index contributed by atoms with van der Waals surface area (Å²) in [5, 5.41) is 10.5. The molecule has 0 aliphatic rings. The Balaban J connectivity index is 2.25. The second kappa shape index (κ2) is 5.27. The molecule has 0 heterocycles. The summed E-state index contributed by atoms with van der Waals surface area (Å²) < 4.78 is 0. The molecule has 0 fully saturated rings. The van der Waals surface area contributed by atoms with Crippen molar-refractivity contribution in [3.8, 4) is 0 Å². The van der Waals surface area contributed by atoms with Gasteiger partial charge in [0.05, 0.1) is 4.92 Å². The van der Waals surface area contributed by atoms with Gasteiger partial charge in [0.2, 0.25) is 0 Å². The third kappa shape index (κ3) is 2.83. The van der Waals surface area contributed by atoms with Crippen LogP contribution >= 0.6 is 0 Å². The summed E-state index contributed by atoms with van der Waals surface area (Å²) in [6, 6.07) is 16.6. The maximum Gasteiger partial charge on any atom is 0.269 e. The number of hydrogen-bond donors (Lipinski definition) is 0. The molecule has 18 heavy (non-hydrogen) atoms. The van der Waals surface area contributed by atoms with Gasteiger partial charge < -0.3 is 0 Å². The second-order valence-electron chi connectivity index (χ2n) is 4.04. The fraction of sp³-hybridized carbons (Fsp3) is 0.0667. The van der Waals surface area contributed by atoms with Crippen molar-refractivity contribution in [2.24, 2.45) is 0 Å². The van der Waals surface area contributed by atoms with E-state index in [9.17, 15) is 10.1 Å². The lowest BCUT2D eigenvalue weighted by Crippen LogP contribution is -1.87. The molecule has 90 valence electrons. The van der Waals surface area contributed by atoms with Gasteiger partial charge in [-0.15, -0.1) is 0 Å². The Morgan fingerprint density at radius 3 is 2.22 bits per heavy atom. The highest BCUT2D eigenvalue weighted by atomic mass is 16.6. The highest BCUT2D eigenvalue weighted by molar-refractivity contribution is 5.80. The van der Waals surface area contributed by atoms with Crippen LogP contribution in [-0.2, 0) is 0 Å². The summed E-state index contributed by atoms with van der Waals surface area (Å²) in [5.74, 6) is 0. The van der Waals surface area contributed by atoms with E-state index in [1.165, 1.54) is 12.1 Å². The first-order chi connectivity index (χ1) is 8.66. The van der Waals surface area contributed by atoms with E-state index in [4.69, 9.17) is 0 Å². The molecular weight excluding hydrogens is 226 g/mol. The standard InChI is InChI=1S/C15H13NO2/c1-12(14-5-3-2-4-6-14)11-13-7-9-15(10-8-13)16(17)18/h2-11H,1H3/b12-11+. The molecule has 2 aromatic rings. The van der Waals surface area contributed by atoms with Gasteiger partial charge in [0, 0.05) is 12.1 Å². The number of nitrogens with zero attached hydrogens (tertiary/aromatic N) is 1. The molecule has 0 bridgehead atoms. The SMILES string of the molecule is C/C(=C\c1ccc([N+](=O)[O-])cc1)c1ccccc1. The highest BCUT2D eigenvalue weighted by Crippen LogP contribution is 2.19. The van der Waals surface area contributed by atoms with Crippen LogP contribution in [0.3, 0.4) is 0 Å². The maximum atomic E-state index is 10.5. The van der Waals surface area contributed by atoms with Crippen LogP contribution in [0.1, 0.15) is 18.1 Å². The Hall–Kier alpha value is -2.42. The minimum atomic E-state index is -0.391. The minimum Gasteiger partial charge on any atom is -0.258 e. The topological polar surface area (TPSA) is 43.1 Å². The first-order valence-electron chi connectivity index (χ1n) is 5.65. The average Bonchev–Trinajstić information content (AvgIpc) is 2.40. The molecule has 2 rings (SSSR count). The number of nitro benzene ring substituents is 1. The predicted molar refractivity (Wildman–Crippen MR) is 73.1 cm³/mol. The molecule has 0 aliphatic heterocycles. The van der Waals surface area contributed by atoms with E-state index in [1.807, 2.05) is 43.3 Å².